The highest BCUT2D eigenvalue weighted by atomic mass is 16.5. The van der Waals surface area contributed by atoms with Gasteiger partial charge in [0.05, 0.1) is 19.3 Å². The van der Waals surface area contributed by atoms with Crippen molar-refractivity contribution < 1.29 is 9.47 Å². The Morgan fingerprint density at radius 2 is 1.60 bits per heavy atom. The molecule has 3 rings (SSSR count). The molecule has 3 unspecified atom stereocenters. The number of rotatable bonds is 8. The molecule has 4 nitrogen and oxygen atoms in total. The molecule has 3 atom stereocenters. The van der Waals surface area contributed by atoms with E-state index < -0.39 is 0 Å². The minimum Gasteiger partial charge on any atom is -0.382 e. The van der Waals surface area contributed by atoms with Gasteiger partial charge >= 0.3 is 0 Å². The van der Waals surface area contributed by atoms with Gasteiger partial charge in [-0.25, -0.2) is 0 Å². The average molecular weight is 340 g/mol. The maximum absolute atomic E-state index is 6.59. The number of likely N-dealkylation sites (tertiary alicyclic amines) is 1. The average Bonchev–Trinajstić information content (AvgIpc) is 2.93. The molecule has 25 heavy (non-hydrogen) atoms. The second-order valence-electron chi connectivity index (χ2n) is 6.65. The van der Waals surface area contributed by atoms with Crippen molar-refractivity contribution in [3.63, 3.8) is 0 Å². The van der Waals surface area contributed by atoms with E-state index in [4.69, 9.17) is 15.2 Å². The molecule has 0 aromatic heterocycles. The summed E-state index contributed by atoms with van der Waals surface area (Å²) in [4.78, 5) is 2.46. The fraction of sp³-hybridized carbons (Fsp3) is 0.429. The van der Waals surface area contributed by atoms with Crippen LogP contribution in [0.4, 0.5) is 0 Å². The third-order valence-corrected chi connectivity index (χ3v) is 4.89. The van der Waals surface area contributed by atoms with Crippen molar-refractivity contribution in [3.8, 4) is 0 Å². The van der Waals surface area contributed by atoms with Gasteiger partial charge in [0, 0.05) is 32.3 Å². The molecule has 0 saturated carbocycles. The first-order valence-corrected chi connectivity index (χ1v) is 8.96. The smallest absolute Gasteiger partial charge is 0.0869 e. The molecule has 0 bridgehead atoms. The molecule has 1 saturated heterocycles. The van der Waals surface area contributed by atoms with Gasteiger partial charge in [-0.3, -0.25) is 4.90 Å². The van der Waals surface area contributed by atoms with Crippen molar-refractivity contribution >= 4 is 0 Å². The number of ether oxygens (including phenoxy) is 2. The van der Waals surface area contributed by atoms with E-state index in [0.29, 0.717) is 13.2 Å². The summed E-state index contributed by atoms with van der Waals surface area (Å²) in [5, 5.41) is 0. The summed E-state index contributed by atoms with van der Waals surface area (Å²) < 4.78 is 11.1. The summed E-state index contributed by atoms with van der Waals surface area (Å²) in [5.74, 6) is 0. The van der Waals surface area contributed by atoms with E-state index in [0.717, 1.165) is 19.5 Å². The summed E-state index contributed by atoms with van der Waals surface area (Å²) >= 11 is 0. The third-order valence-electron chi connectivity index (χ3n) is 4.89. The molecule has 2 N–H and O–H groups in total. The fourth-order valence-corrected chi connectivity index (χ4v) is 3.55. The van der Waals surface area contributed by atoms with Crippen LogP contribution in [0.2, 0.25) is 0 Å². The summed E-state index contributed by atoms with van der Waals surface area (Å²) in [6.07, 6.45) is 0.992. The van der Waals surface area contributed by atoms with Crippen LogP contribution in [0.25, 0.3) is 0 Å². The van der Waals surface area contributed by atoms with Crippen LogP contribution in [0, 0.1) is 0 Å². The maximum atomic E-state index is 6.59. The summed E-state index contributed by atoms with van der Waals surface area (Å²) in [6.45, 7) is 2.95. The standard InChI is InChI=1S/C21H28N2O2/c1-24-12-13-25-20-16-23(15-18-10-6-3-7-11-18)19(21(20)22)14-17-8-4-2-5-9-17/h2-11,19-21H,12-16,22H2,1H3. The first-order valence-electron chi connectivity index (χ1n) is 8.96. The molecule has 2 aromatic carbocycles. The van der Waals surface area contributed by atoms with Gasteiger partial charge in [-0.05, 0) is 17.5 Å². The lowest BCUT2D eigenvalue weighted by molar-refractivity contribution is 0.0157. The zero-order valence-corrected chi connectivity index (χ0v) is 14.9. The van der Waals surface area contributed by atoms with Gasteiger partial charge < -0.3 is 15.2 Å². The second kappa shape index (κ2) is 9.11. The van der Waals surface area contributed by atoms with Gasteiger partial charge in [0.25, 0.3) is 0 Å². The molecule has 1 aliphatic rings. The molecule has 1 fully saturated rings. The maximum Gasteiger partial charge on any atom is 0.0869 e. The van der Waals surface area contributed by atoms with Crippen LogP contribution in [0.1, 0.15) is 11.1 Å². The number of benzene rings is 2. The first-order chi connectivity index (χ1) is 12.3. The highest BCUT2D eigenvalue weighted by Gasteiger charge is 2.39. The Morgan fingerprint density at radius 3 is 2.24 bits per heavy atom. The number of nitrogens with zero attached hydrogens (tertiary/aromatic N) is 1. The number of hydrogen-bond acceptors (Lipinski definition) is 4. The zero-order valence-electron chi connectivity index (χ0n) is 14.9. The van der Waals surface area contributed by atoms with Gasteiger partial charge in [0.15, 0.2) is 0 Å². The minimum absolute atomic E-state index is 0.000717. The molecule has 0 spiro atoms. The molecule has 0 aliphatic carbocycles. The molecule has 134 valence electrons. The van der Waals surface area contributed by atoms with Crippen LogP contribution in [0.5, 0.6) is 0 Å². The van der Waals surface area contributed by atoms with Crippen LogP contribution in [-0.4, -0.2) is 50.0 Å². The van der Waals surface area contributed by atoms with Crippen molar-refractivity contribution in [2.24, 2.45) is 5.73 Å². The fourth-order valence-electron chi connectivity index (χ4n) is 3.55. The lowest BCUT2D eigenvalue weighted by Crippen LogP contribution is -2.44. The third kappa shape index (κ3) is 4.89. The van der Waals surface area contributed by atoms with E-state index >= 15 is 0 Å². The molecule has 0 amide bonds. The topological polar surface area (TPSA) is 47.7 Å². The Kier molecular flexibility index (Phi) is 6.59. The lowest BCUT2D eigenvalue weighted by atomic mass is 9.99. The molecule has 1 heterocycles. The van der Waals surface area contributed by atoms with Crippen molar-refractivity contribution in [1.82, 2.24) is 4.90 Å². The number of hydrogen-bond donors (Lipinski definition) is 1. The monoisotopic (exact) mass is 340 g/mol. The van der Waals surface area contributed by atoms with E-state index in [-0.39, 0.29) is 18.2 Å². The zero-order chi connectivity index (χ0) is 17.5. The van der Waals surface area contributed by atoms with E-state index in [1.807, 2.05) is 0 Å². The molecular weight excluding hydrogens is 312 g/mol. The molecule has 1 aliphatic heterocycles. The number of methoxy groups -OCH3 is 1. The van der Waals surface area contributed by atoms with Crippen molar-refractivity contribution in [3.05, 3.63) is 71.8 Å². The van der Waals surface area contributed by atoms with Gasteiger partial charge in [-0.1, -0.05) is 60.7 Å². The van der Waals surface area contributed by atoms with Gasteiger partial charge in [-0.2, -0.15) is 0 Å². The Bertz CT molecular complexity index is 620. The van der Waals surface area contributed by atoms with Gasteiger partial charge in [-0.15, -0.1) is 0 Å². The Balaban J connectivity index is 1.71. The quantitative estimate of drug-likeness (QED) is 0.750. The van der Waals surface area contributed by atoms with Crippen LogP contribution in [-0.2, 0) is 22.4 Å². The predicted octanol–water partition coefficient (Wildman–Crippen LogP) is 2.47. The van der Waals surface area contributed by atoms with Crippen LogP contribution < -0.4 is 5.73 Å². The SMILES string of the molecule is COCCOC1CN(Cc2ccccc2)C(Cc2ccccc2)C1N. The van der Waals surface area contributed by atoms with Crippen LogP contribution in [0.3, 0.4) is 0 Å². The molecule has 0 radical (unpaired) electrons. The van der Waals surface area contributed by atoms with Gasteiger partial charge in [0.1, 0.15) is 0 Å². The largest absolute Gasteiger partial charge is 0.382 e. The van der Waals surface area contributed by atoms with Gasteiger partial charge in [0.2, 0.25) is 0 Å². The van der Waals surface area contributed by atoms with Crippen LogP contribution >= 0.6 is 0 Å². The lowest BCUT2D eigenvalue weighted by Gasteiger charge is -2.26. The van der Waals surface area contributed by atoms with E-state index in [9.17, 15) is 0 Å². The normalized spacial score (nSPS) is 23.8. The molecule has 2 aromatic rings. The Labute approximate surface area is 150 Å². The Hall–Kier alpha value is -1.72. The van der Waals surface area contributed by atoms with Crippen molar-refractivity contribution in [2.75, 3.05) is 26.9 Å². The molecular formula is C21H28N2O2. The highest BCUT2D eigenvalue weighted by molar-refractivity contribution is 5.19. The highest BCUT2D eigenvalue weighted by Crippen LogP contribution is 2.25. The van der Waals surface area contributed by atoms with E-state index in [2.05, 4.69) is 65.6 Å². The Morgan fingerprint density at radius 1 is 0.960 bits per heavy atom. The van der Waals surface area contributed by atoms with E-state index in [1.165, 1.54) is 11.1 Å². The molecule has 4 heteroatoms. The summed E-state index contributed by atoms with van der Waals surface area (Å²) in [6, 6.07) is 21.4. The first kappa shape index (κ1) is 18.1. The van der Waals surface area contributed by atoms with E-state index in [1.54, 1.807) is 7.11 Å². The van der Waals surface area contributed by atoms with Crippen LogP contribution in [0.15, 0.2) is 60.7 Å². The number of nitrogens with two attached hydrogens (primary N) is 1. The predicted molar refractivity (Wildman–Crippen MR) is 100 cm³/mol. The summed E-state index contributed by atoms with van der Waals surface area (Å²) in [5.41, 5.74) is 9.22. The second-order valence-corrected chi connectivity index (χ2v) is 6.65. The summed E-state index contributed by atoms with van der Waals surface area (Å²) in [7, 11) is 1.69. The minimum atomic E-state index is 0.000717. The van der Waals surface area contributed by atoms with Crippen molar-refractivity contribution in [1.29, 1.82) is 0 Å². The van der Waals surface area contributed by atoms with Crippen molar-refractivity contribution in [2.45, 2.75) is 31.2 Å².